The van der Waals surface area contributed by atoms with Gasteiger partial charge in [-0.05, 0) is 0 Å². The number of carbonyl (C=O) groups excluding carboxylic acids is 1. The van der Waals surface area contributed by atoms with E-state index in [1.54, 1.807) is 0 Å². The van der Waals surface area contributed by atoms with E-state index in [0.717, 1.165) is 0 Å². The van der Waals surface area contributed by atoms with E-state index in [9.17, 15) is 4.79 Å². The highest BCUT2D eigenvalue weighted by Gasteiger charge is 2.08. The Hall–Kier alpha value is -0.650. The van der Waals surface area contributed by atoms with Gasteiger partial charge in [0.05, 0.1) is 6.67 Å². The van der Waals surface area contributed by atoms with E-state index in [1.807, 2.05) is 0 Å². The molecule has 0 radical (unpaired) electrons. The Morgan fingerprint density at radius 2 is 2.62 bits per heavy atom. The van der Waals surface area contributed by atoms with E-state index in [0.29, 0.717) is 13.1 Å². The van der Waals surface area contributed by atoms with Crippen molar-refractivity contribution in [2.45, 2.75) is 6.29 Å². The summed E-state index contributed by atoms with van der Waals surface area (Å²) in [6.07, 6.45) is 0.519. The molecule has 1 amide bonds. The average molecular weight is 116 g/mol. The molecule has 0 spiro atoms. The molecule has 5 heteroatoms. The van der Waals surface area contributed by atoms with Gasteiger partial charge in [-0.25, -0.2) is 10.9 Å². The van der Waals surface area contributed by atoms with E-state index in [1.165, 1.54) is 0 Å². The molecular formula is C3H8N4O. The lowest BCUT2D eigenvalue weighted by atomic mass is 10.8. The van der Waals surface area contributed by atoms with Crippen LogP contribution in [-0.4, -0.2) is 19.4 Å². The maximum absolute atomic E-state index is 9.74. The predicted molar refractivity (Wildman–Crippen MR) is 27.3 cm³/mol. The first-order valence-corrected chi connectivity index (χ1v) is 2.35. The standard InChI is InChI=1S/C3H8N4O/c8-2-5-3-4-1-6-7-3/h2-4,6-7H,1H2,(H,5,8). The zero-order valence-corrected chi connectivity index (χ0v) is 4.27. The second kappa shape index (κ2) is 2.61. The molecule has 0 aliphatic carbocycles. The van der Waals surface area contributed by atoms with Crippen LogP contribution in [0.1, 0.15) is 0 Å². The van der Waals surface area contributed by atoms with Crippen LogP contribution in [0.5, 0.6) is 0 Å². The van der Waals surface area contributed by atoms with Gasteiger partial charge in [-0.2, -0.15) is 0 Å². The summed E-state index contributed by atoms with van der Waals surface area (Å²) in [5, 5.41) is 5.37. The van der Waals surface area contributed by atoms with Crippen LogP contribution in [-0.2, 0) is 4.79 Å². The van der Waals surface area contributed by atoms with Crippen molar-refractivity contribution in [1.82, 2.24) is 21.5 Å². The second-order valence-corrected chi connectivity index (χ2v) is 1.42. The van der Waals surface area contributed by atoms with E-state index in [2.05, 4.69) is 21.5 Å². The minimum atomic E-state index is -0.118. The normalized spacial score (nSPS) is 27.8. The molecular weight excluding hydrogens is 108 g/mol. The quantitative estimate of drug-likeness (QED) is 0.306. The summed E-state index contributed by atoms with van der Waals surface area (Å²) < 4.78 is 0. The summed E-state index contributed by atoms with van der Waals surface area (Å²) in [7, 11) is 0. The van der Waals surface area contributed by atoms with Crippen molar-refractivity contribution in [2.75, 3.05) is 6.67 Å². The number of hydrogen-bond donors (Lipinski definition) is 4. The lowest BCUT2D eigenvalue weighted by molar-refractivity contribution is -0.110. The maximum Gasteiger partial charge on any atom is 0.209 e. The summed E-state index contributed by atoms with van der Waals surface area (Å²) in [5.41, 5.74) is 5.53. The summed E-state index contributed by atoms with van der Waals surface area (Å²) in [6.45, 7) is 0.672. The van der Waals surface area contributed by atoms with Crippen molar-refractivity contribution >= 4 is 6.41 Å². The van der Waals surface area contributed by atoms with Crippen LogP contribution in [0.2, 0.25) is 0 Å². The Morgan fingerprint density at radius 1 is 1.75 bits per heavy atom. The summed E-state index contributed by atoms with van der Waals surface area (Å²) in [6, 6.07) is 0. The van der Waals surface area contributed by atoms with E-state index in [4.69, 9.17) is 0 Å². The largest absolute Gasteiger partial charge is 0.330 e. The first kappa shape index (κ1) is 5.49. The topological polar surface area (TPSA) is 65.2 Å². The van der Waals surface area contributed by atoms with Crippen molar-refractivity contribution in [1.29, 1.82) is 0 Å². The average Bonchev–Trinajstić information content (AvgIpc) is 2.19. The van der Waals surface area contributed by atoms with Crippen LogP contribution in [0.25, 0.3) is 0 Å². The van der Waals surface area contributed by atoms with Crippen molar-refractivity contribution in [3.8, 4) is 0 Å². The van der Waals surface area contributed by atoms with Gasteiger partial charge in [0.1, 0.15) is 6.29 Å². The van der Waals surface area contributed by atoms with Gasteiger partial charge in [0.25, 0.3) is 0 Å². The number of amides is 1. The third-order valence-corrected chi connectivity index (χ3v) is 0.876. The highest BCUT2D eigenvalue weighted by atomic mass is 16.1. The minimum Gasteiger partial charge on any atom is -0.330 e. The lowest BCUT2D eigenvalue weighted by Gasteiger charge is -2.05. The first-order chi connectivity index (χ1) is 3.93. The molecule has 1 aliphatic rings. The molecule has 4 N–H and O–H groups in total. The van der Waals surface area contributed by atoms with Gasteiger partial charge in [-0.3, -0.25) is 10.1 Å². The van der Waals surface area contributed by atoms with Gasteiger partial charge in [-0.15, -0.1) is 0 Å². The molecule has 5 nitrogen and oxygen atoms in total. The van der Waals surface area contributed by atoms with Crippen molar-refractivity contribution in [3.63, 3.8) is 0 Å². The zero-order chi connectivity index (χ0) is 5.82. The van der Waals surface area contributed by atoms with E-state index in [-0.39, 0.29) is 6.29 Å². The fourth-order valence-electron chi connectivity index (χ4n) is 0.526. The predicted octanol–water partition coefficient (Wildman–Crippen LogP) is -2.33. The van der Waals surface area contributed by atoms with Crippen LogP contribution in [0.4, 0.5) is 0 Å². The monoisotopic (exact) mass is 116 g/mol. The summed E-state index contributed by atoms with van der Waals surface area (Å²) in [4.78, 5) is 9.74. The molecule has 1 rings (SSSR count). The van der Waals surface area contributed by atoms with Crippen LogP contribution >= 0.6 is 0 Å². The van der Waals surface area contributed by atoms with Gasteiger partial charge in [0, 0.05) is 0 Å². The van der Waals surface area contributed by atoms with E-state index >= 15 is 0 Å². The molecule has 1 unspecified atom stereocenters. The molecule has 0 bridgehead atoms. The van der Waals surface area contributed by atoms with Crippen LogP contribution in [0.15, 0.2) is 0 Å². The summed E-state index contributed by atoms with van der Waals surface area (Å²) >= 11 is 0. The highest BCUT2D eigenvalue weighted by molar-refractivity contribution is 5.46. The molecule has 0 aromatic heterocycles. The number of carbonyl (C=O) groups is 1. The van der Waals surface area contributed by atoms with Crippen LogP contribution < -0.4 is 21.5 Å². The van der Waals surface area contributed by atoms with Gasteiger partial charge < -0.3 is 5.32 Å². The fourth-order valence-corrected chi connectivity index (χ4v) is 0.526. The molecule has 0 saturated carbocycles. The van der Waals surface area contributed by atoms with Crippen molar-refractivity contribution in [3.05, 3.63) is 0 Å². The number of nitrogens with one attached hydrogen (secondary N) is 4. The Balaban J connectivity index is 2.14. The lowest BCUT2D eigenvalue weighted by Crippen LogP contribution is -2.45. The molecule has 1 fully saturated rings. The molecule has 1 aliphatic heterocycles. The number of hydrogen-bond acceptors (Lipinski definition) is 4. The smallest absolute Gasteiger partial charge is 0.209 e. The molecule has 0 aromatic carbocycles. The highest BCUT2D eigenvalue weighted by Crippen LogP contribution is 1.69. The first-order valence-electron chi connectivity index (χ1n) is 2.35. The fraction of sp³-hybridized carbons (Fsp3) is 0.667. The van der Waals surface area contributed by atoms with Crippen molar-refractivity contribution < 1.29 is 4.79 Å². The van der Waals surface area contributed by atoms with Gasteiger partial charge >= 0.3 is 0 Å². The Labute approximate surface area is 46.8 Å². The molecule has 1 atom stereocenters. The number of rotatable bonds is 2. The molecule has 1 heterocycles. The maximum atomic E-state index is 9.74. The third kappa shape index (κ3) is 1.16. The Morgan fingerprint density at radius 3 is 3.12 bits per heavy atom. The molecule has 0 aromatic rings. The second-order valence-electron chi connectivity index (χ2n) is 1.42. The molecule has 8 heavy (non-hydrogen) atoms. The molecule has 46 valence electrons. The number of hydrazine groups is 1. The van der Waals surface area contributed by atoms with Crippen LogP contribution in [0, 0.1) is 0 Å². The van der Waals surface area contributed by atoms with Gasteiger partial charge in [-0.1, -0.05) is 0 Å². The minimum absolute atomic E-state index is 0.118. The van der Waals surface area contributed by atoms with Crippen LogP contribution in [0.3, 0.4) is 0 Å². The SMILES string of the molecule is O=CNC1NCNN1. The third-order valence-electron chi connectivity index (χ3n) is 0.876. The van der Waals surface area contributed by atoms with Gasteiger partial charge in [0.15, 0.2) is 0 Å². The van der Waals surface area contributed by atoms with Gasteiger partial charge in [0.2, 0.25) is 6.41 Å². The Kier molecular flexibility index (Phi) is 1.79. The zero-order valence-electron chi connectivity index (χ0n) is 4.27. The van der Waals surface area contributed by atoms with Crippen molar-refractivity contribution in [2.24, 2.45) is 0 Å². The summed E-state index contributed by atoms with van der Waals surface area (Å²) in [5.74, 6) is 0. The van der Waals surface area contributed by atoms with E-state index < -0.39 is 0 Å². The Bertz CT molecular complexity index is 79.4. The molecule has 1 saturated heterocycles.